The highest BCUT2D eigenvalue weighted by Crippen LogP contribution is 2.27. The lowest BCUT2D eigenvalue weighted by Crippen LogP contribution is -2.39. The molecule has 3 heterocycles. The zero-order valence-corrected chi connectivity index (χ0v) is 15.3. The van der Waals surface area contributed by atoms with Crippen LogP contribution in [0.25, 0.3) is 0 Å². The van der Waals surface area contributed by atoms with Crippen molar-refractivity contribution in [2.45, 2.75) is 25.7 Å². The van der Waals surface area contributed by atoms with Gasteiger partial charge in [-0.15, -0.1) is 0 Å². The largest absolute Gasteiger partial charge is 0.472 e. The fraction of sp³-hybridized carbons (Fsp3) is 0.286. The van der Waals surface area contributed by atoms with E-state index >= 15 is 0 Å². The third kappa shape index (κ3) is 4.00. The molecule has 4 rings (SSSR count). The van der Waals surface area contributed by atoms with Gasteiger partial charge >= 0.3 is 0 Å². The molecule has 3 aromatic rings. The molecule has 0 aliphatic carbocycles. The number of anilines is 2. The van der Waals surface area contributed by atoms with Gasteiger partial charge in [0.2, 0.25) is 5.95 Å². The van der Waals surface area contributed by atoms with E-state index in [1.165, 1.54) is 18.1 Å². The van der Waals surface area contributed by atoms with Gasteiger partial charge in [0.15, 0.2) is 0 Å². The molecule has 0 unspecified atom stereocenters. The predicted octanol–water partition coefficient (Wildman–Crippen LogP) is 4.14. The summed E-state index contributed by atoms with van der Waals surface area (Å²) in [5.41, 5.74) is 3.70. The molecule has 0 spiro atoms. The monoisotopic (exact) mass is 362 g/mol. The first-order valence-corrected chi connectivity index (χ1v) is 9.17. The molecule has 1 atom stereocenters. The summed E-state index contributed by atoms with van der Waals surface area (Å²) in [7, 11) is 0. The van der Waals surface area contributed by atoms with Crippen LogP contribution in [0.5, 0.6) is 0 Å². The number of furan rings is 1. The Morgan fingerprint density at radius 2 is 2.22 bits per heavy atom. The van der Waals surface area contributed by atoms with Crippen LogP contribution in [0.3, 0.4) is 0 Å². The Hall–Kier alpha value is -3.15. The Labute approximate surface area is 158 Å². The molecular formula is C21H22N4O2. The van der Waals surface area contributed by atoms with Gasteiger partial charge in [-0.3, -0.25) is 4.79 Å². The number of carbonyl (C=O) groups excluding carboxylic acids is 1. The number of nitrogens with one attached hydrogen (secondary N) is 1. The Bertz CT molecular complexity index is 923. The normalized spacial score (nSPS) is 16.9. The molecule has 1 aromatic carbocycles. The van der Waals surface area contributed by atoms with E-state index in [0.29, 0.717) is 18.1 Å². The molecule has 0 radical (unpaired) electrons. The second kappa shape index (κ2) is 7.61. The molecule has 6 nitrogen and oxygen atoms in total. The van der Waals surface area contributed by atoms with Crippen molar-refractivity contribution in [1.82, 2.24) is 14.9 Å². The number of aryl methyl sites for hydroxylation is 1. The molecule has 0 bridgehead atoms. The third-order valence-electron chi connectivity index (χ3n) is 4.85. The average molecular weight is 362 g/mol. The SMILES string of the molecule is Cc1cccc(Nc2nccc([C@H]3CCCN(C(=O)c4ccoc4)C3)n2)c1. The van der Waals surface area contributed by atoms with Crippen LogP contribution >= 0.6 is 0 Å². The number of piperidine rings is 1. The van der Waals surface area contributed by atoms with Gasteiger partial charge in [0.25, 0.3) is 5.91 Å². The summed E-state index contributed by atoms with van der Waals surface area (Å²) < 4.78 is 5.04. The molecule has 1 N–H and O–H groups in total. The maximum Gasteiger partial charge on any atom is 0.257 e. The van der Waals surface area contributed by atoms with Crippen LogP contribution in [-0.2, 0) is 0 Å². The zero-order chi connectivity index (χ0) is 18.6. The number of carbonyl (C=O) groups is 1. The van der Waals surface area contributed by atoms with Crippen molar-refractivity contribution in [2.24, 2.45) is 0 Å². The molecule has 27 heavy (non-hydrogen) atoms. The maximum atomic E-state index is 12.6. The maximum absolute atomic E-state index is 12.6. The summed E-state index contributed by atoms with van der Waals surface area (Å²) in [6, 6.07) is 11.8. The van der Waals surface area contributed by atoms with Crippen LogP contribution in [-0.4, -0.2) is 33.9 Å². The highest BCUT2D eigenvalue weighted by molar-refractivity contribution is 5.93. The summed E-state index contributed by atoms with van der Waals surface area (Å²) in [5.74, 6) is 0.799. The van der Waals surface area contributed by atoms with Crippen LogP contribution in [0.2, 0.25) is 0 Å². The van der Waals surface area contributed by atoms with Crippen LogP contribution in [0.1, 0.15) is 40.4 Å². The Morgan fingerprint density at radius 1 is 1.30 bits per heavy atom. The van der Waals surface area contributed by atoms with Gasteiger partial charge in [-0.2, -0.15) is 0 Å². The van der Waals surface area contributed by atoms with E-state index in [1.54, 1.807) is 12.3 Å². The molecular weight excluding hydrogens is 340 g/mol. The first kappa shape index (κ1) is 17.3. The van der Waals surface area contributed by atoms with Gasteiger partial charge in [-0.25, -0.2) is 9.97 Å². The van der Waals surface area contributed by atoms with Gasteiger partial charge in [0.1, 0.15) is 6.26 Å². The first-order chi connectivity index (χ1) is 13.2. The number of hydrogen-bond donors (Lipinski definition) is 1. The lowest BCUT2D eigenvalue weighted by atomic mass is 9.94. The molecule has 2 aromatic heterocycles. The van der Waals surface area contributed by atoms with E-state index in [2.05, 4.69) is 29.4 Å². The minimum absolute atomic E-state index is 0.0145. The van der Waals surface area contributed by atoms with Crippen LogP contribution in [0, 0.1) is 6.92 Å². The Kier molecular flexibility index (Phi) is 4.87. The highest BCUT2D eigenvalue weighted by Gasteiger charge is 2.27. The topological polar surface area (TPSA) is 71.3 Å². The number of hydrogen-bond acceptors (Lipinski definition) is 5. The second-order valence-corrected chi connectivity index (χ2v) is 6.90. The minimum atomic E-state index is 0.0145. The number of amides is 1. The van der Waals surface area contributed by atoms with Gasteiger partial charge in [0, 0.05) is 30.9 Å². The Balaban J connectivity index is 1.48. The van der Waals surface area contributed by atoms with Gasteiger partial charge < -0.3 is 14.6 Å². The zero-order valence-electron chi connectivity index (χ0n) is 15.3. The molecule has 1 fully saturated rings. The number of rotatable bonds is 4. The molecule has 138 valence electrons. The second-order valence-electron chi connectivity index (χ2n) is 6.90. The van der Waals surface area contributed by atoms with E-state index < -0.39 is 0 Å². The lowest BCUT2D eigenvalue weighted by molar-refractivity contribution is 0.0705. The Morgan fingerprint density at radius 3 is 3.04 bits per heavy atom. The van der Waals surface area contributed by atoms with Crippen molar-refractivity contribution in [3.63, 3.8) is 0 Å². The number of benzene rings is 1. The van der Waals surface area contributed by atoms with Crippen molar-refractivity contribution in [2.75, 3.05) is 18.4 Å². The van der Waals surface area contributed by atoms with Crippen molar-refractivity contribution in [1.29, 1.82) is 0 Å². The quantitative estimate of drug-likeness (QED) is 0.755. The van der Waals surface area contributed by atoms with Crippen molar-refractivity contribution >= 4 is 17.5 Å². The van der Waals surface area contributed by atoms with Crippen LogP contribution in [0.15, 0.2) is 59.5 Å². The minimum Gasteiger partial charge on any atom is -0.472 e. The molecule has 1 aliphatic heterocycles. The highest BCUT2D eigenvalue weighted by atomic mass is 16.3. The number of likely N-dealkylation sites (tertiary alicyclic amines) is 1. The standard InChI is InChI=1S/C21H22N4O2/c1-15-4-2-6-18(12-15)23-21-22-9-7-19(24-21)16-5-3-10-25(13-16)20(26)17-8-11-27-14-17/h2,4,6-9,11-12,14,16H,3,5,10,13H2,1H3,(H,22,23,24)/t16-/m0/s1. The van der Waals surface area contributed by atoms with Gasteiger partial charge in [-0.05, 0) is 49.6 Å². The van der Waals surface area contributed by atoms with Crippen molar-refractivity contribution in [3.05, 3.63) is 71.9 Å². The van der Waals surface area contributed by atoms with E-state index in [4.69, 9.17) is 9.40 Å². The van der Waals surface area contributed by atoms with Crippen molar-refractivity contribution in [3.8, 4) is 0 Å². The third-order valence-corrected chi connectivity index (χ3v) is 4.85. The van der Waals surface area contributed by atoms with Crippen molar-refractivity contribution < 1.29 is 9.21 Å². The van der Waals surface area contributed by atoms with E-state index in [-0.39, 0.29) is 11.8 Å². The first-order valence-electron chi connectivity index (χ1n) is 9.17. The van der Waals surface area contributed by atoms with E-state index in [1.807, 2.05) is 23.1 Å². The molecule has 0 saturated carbocycles. The fourth-order valence-electron chi connectivity index (χ4n) is 3.48. The summed E-state index contributed by atoms with van der Waals surface area (Å²) in [6.45, 7) is 3.47. The molecule has 1 amide bonds. The molecule has 6 heteroatoms. The summed E-state index contributed by atoms with van der Waals surface area (Å²) >= 11 is 0. The average Bonchev–Trinajstić information content (AvgIpc) is 3.23. The number of aromatic nitrogens is 2. The molecule has 1 aliphatic rings. The van der Waals surface area contributed by atoms with Crippen LogP contribution < -0.4 is 5.32 Å². The summed E-state index contributed by atoms with van der Waals surface area (Å²) in [4.78, 5) is 23.5. The van der Waals surface area contributed by atoms with E-state index in [0.717, 1.165) is 30.8 Å². The van der Waals surface area contributed by atoms with E-state index in [9.17, 15) is 4.79 Å². The van der Waals surface area contributed by atoms with Crippen LogP contribution in [0.4, 0.5) is 11.6 Å². The number of nitrogens with zero attached hydrogens (tertiary/aromatic N) is 3. The summed E-state index contributed by atoms with van der Waals surface area (Å²) in [5, 5.41) is 3.27. The molecule has 1 saturated heterocycles. The lowest BCUT2D eigenvalue weighted by Gasteiger charge is -2.32. The van der Waals surface area contributed by atoms with Gasteiger partial charge in [0.05, 0.1) is 17.5 Å². The predicted molar refractivity (Wildman–Crippen MR) is 103 cm³/mol. The van der Waals surface area contributed by atoms with Gasteiger partial charge in [-0.1, -0.05) is 12.1 Å². The smallest absolute Gasteiger partial charge is 0.257 e. The summed E-state index contributed by atoms with van der Waals surface area (Å²) in [6.07, 6.45) is 6.77. The fourth-order valence-corrected chi connectivity index (χ4v) is 3.48.